The highest BCUT2D eigenvalue weighted by atomic mass is 32.1. The van der Waals surface area contributed by atoms with Crippen LogP contribution in [-0.4, -0.2) is 17.4 Å². The van der Waals surface area contributed by atoms with Crippen molar-refractivity contribution >= 4 is 28.9 Å². The van der Waals surface area contributed by atoms with Crippen molar-refractivity contribution in [3.05, 3.63) is 74.6 Å². The molecule has 0 bridgehead atoms. The molecule has 2 heterocycles. The third-order valence-electron chi connectivity index (χ3n) is 3.36. The summed E-state index contributed by atoms with van der Waals surface area (Å²) in [7, 11) is 0. The van der Waals surface area contributed by atoms with Crippen LogP contribution in [0.25, 0.3) is 11.3 Å². The van der Waals surface area contributed by atoms with Crippen LogP contribution in [0.5, 0.6) is 0 Å². The van der Waals surface area contributed by atoms with Crippen molar-refractivity contribution in [2.45, 2.75) is 13.8 Å². The molecule has 0 saturated heterocycles. The zero-order chi connectivity index (χ0) is 16.9. The van der Waals surface area contributed by atoms with E-state index in [0.717, 1.165) is 26.5 Å². The maximum absolute atomic E-state index is 4.67. The second-order valence-corrected chi connectivity index (χ2v) is 7.43. The first-order chi connectivity index (χ1) is 11.6. The van der Waals surface area contributed by atoms with Gasteiger partial charge < -0.3 is 0 Å². The molecule has 3 nitrogen and oxygen atoms in total. The number of aromatic nitrogens is 1. The highest BCUT2D eigenvalue weighted by Gasteiger charge is 2.07. The summed E-state index contributed by atoms with van der Waals surface area (Å²) in [5.74, 6) is 0. The standard InChI is InChI=1S/C19H19N3S2/c1-14(2)11-20-19-22(21-12-17-5-4-10-23-17)18(13-24-19)16-8-6-15(3)7-9-16/h4-10,12-13H,1,11H2,2-3H3. The number of aryl methyl sites for hydroxylation is 1. The molecule has 0 spiro atoms. The summed E-state index contributed by atoms with van der Waals surface area (Å²) in [5, 5.41) is 8.83. The van der Waals surface area contributed by atoms with Gasteiger partial charge in [-0.2, -0.15) is 5.10 Å². The molecule has 0 radical (unpaired) electrons. The number of benzene rings is 1. The van der Waals surface area contributed by atoms with E-state index in [4.69, 9.17) is 0 Å². The average Bonchev–Trinajstić information content (AvgIpc) is 3.21. The van der Waals surface area contributed by atoms with Crippen LogP contribution in [0.4, 0.5) is 0 Å². The van der Waals surface area contributed by atoms with Gasteiger partial charge in [0.1, 0.15) is 0 Å². The minimum atomic E-state index is 0.613. The fraction of sp³-hybridized carbons (Fsp3) is 0.158. The average molecular weight is 354 g/mol. The number of nitrogens with zero attached hydrogens (tertiary/aromatic N) is 3. The van der Waals surface area contributed by atoms with Crippen LogP contribution in [0.3, 0.4) is 0 Å². The van der Waals surface area contributed by atoms with Gasteiger partial charge in [-0.3, -0.25) is 4.99 Å². The number of rotatable bonds is 5. The molecule has 0 atom stereocenters. The highest BCUT2D eigenvalue weighted by molar-refractivity contribution is 7.11. The number of hydrogen-bond donors (Lipinski definition) is 0. The van der Waals surface area contributed by atoms with Crippen molar-refractivity contribution < 1.29 is 0 Å². The maximum Gasteiger partial charge on any atom is 0.206 e. The van der Waals surface area contributed by atoms with Gasteiger partial charge in [0.15, 0.2) is 0 Å². The van der Waals surface area contributed by atoms with Crippen LogP contribution < -0.4 is 4.80 Å². The predicted octanol–water partition coefficient (Wildman–Crippen LogP) is 4.95. The van der Waals surface area contributed by atoms with Crippen molar-refractivity contribution in [3.63, 3.8) is 0 Å². The predicted molar refractivity (Wildman–Crippen MR) is 105 cm³/mol. The maximum atomic E-state index is 4.67. The quantitative estimate of drug-likeness (QED) is 0.459. The summed E-state index contributed by atoms with van der Waals surface area (Å²) in [5.41, 5.74) is 4.47. The zero-order valence-corrected chi connectivity index (χ0v) is 15.4. The summed E-state index contributed by atoms with van der Waals surface area (Å²) >= 11 is 3.27. The van der Waals surface area contributed by atoms with Gasteiger partial charge >= 0.3 is 0 Å². The van der Waals surface area contributed by atoms with Crippen LogP contribution in [0.2, 0.25) is 0 Å². The molecule has 0 unspecified atom stereocenters. The molecular weight excluding hydrogens is 334 g/mol. The molecule has 3 aromatic rings. The number of thiazole rings is 1. The van der Waals surface area contributed by atoms with Crippen LogP contribution in [0.1, 0.15) is 17.4 Å². The molecule has 0 aliphatic rings. The second-order valence-electron chi connectivity index (χ2n) is 5.61. The summed E-state index contributed by atoms with van der Waals surface area (Å²) in [4.78, 5) is 6.64. The lowest BCUT2D eigenvalue weighted by atomic mass is 10.1. The minimum absolute atomic E-state index is 0.613. The Bertz CT molecular complexity index is 910. The van der Waals surface area contributed by atoms with Crippen molar-refractivity contribution in [2.75, 3.05) is 6.54 Å². The molecule has 24 heavy (non-hydrogen) atoms. The third kappa shape index (κ3) is 3.99. The van der Waals surface area contributed by atoms with Crippen LogP contribution in [0.15, 0.2) is 69.4 Å². The third-order valence-corrected chi connectivity index (χ3v) is 5.02. The highest BCUT2D eigenvalue weighted by Crippen LogP contribution is 2.20. The Kier molecular flexibility index (Phi) is 5.23. The van der Waals surface area contributed by atoms with E-state index < -0.39 is 0 Å². The van der Waals surface area contributed by atoms with E-state index in [1.165, 1.54) is 5.56 Å². The van der Waals surface area contributed by atoms with Crippen molar-refractivity contribution in [1.82, 2.24) is 4.68 Å². The Hall–Kier alpha value is -2.24. The topological polar surface area (TPSA) is 29.6 Å². The molecule has 0 fully saturated rings. The van der Waals surface area contributed by atoms with Crippen LogP contribution >= 0.6 is 22.7 Å². The molecule has 0 aliphatic carbocycles. The molecule has 0 N–H and O–H groups in total. The summed E-state index contributed by atoms with van der Waals surface area (Å²) < 4.78 is 1.91. The van der Waals surface area contributed by atoms with Gasteiger partial charge in [0.05, 0.1) is 18.5 Å². The largest absolute Gasteiger partial charge is 0.253 e. The van der Waals surface area contributed by atoms with E-state index in [-0.39, 0.29) is 0 Å². The van der Waals surface area contributed by atoms with Crippen molar-refractivity contribution in [3.8, 4) is 11.3 Å². The van der Waals surface area contributed by atoms with E-state index in [1.54, 1.807) is 22.7 Å². The van der Waals surface area contributed by atoms with E-state index in [9.17, 15) is 0 Å². The van der Waals surface area contributed by atoms with E-state index in [1.807, 2.05) is 29.3 Å². The fourth-order valence-corrected chi connectivity index (χ4v) is 3.54. The van der Waals surface area contributed by atoms with Crippen LogP contribution in [0, 0.1) is 6.92 Å². The lowest BCUT2D eigenvalue weighted by Gasteiger charge is -2.04. The smallest absolute Gasteiger partial charge is 0.206 e. The van der Waals surface area contributed by atoms with E-state index in [2.05, 4.69) is 59.3 Å². The van der Waals surface area contributed by atoms with Gasteiger partial charge in [0, 0.05) is 15.8 Å². The van der Waals surface area contributed by atoms with Gasteiger partial charge in [-0.25, -0.2) is 4.68 Å². The lowest BCUT2D eigenvalue weighted by molar-refractivity contribution is 0.836. The Balaban J connectivity index is 2.06. The molecule has 2 aromatic heterocycles. The first-order valence-corrected chi connectivity index (χ1v) is 9.40. The summed E-state index contributed by atoms with van der Waals surface area (Å²) in [6.07, 6.45) is 1.88. The van der Waals surface area contributed by atoms with Crippen molar-refractivity contribution in [1.29, 1.82) is 0 Å². The Morgan fingerprint density at radius 3 is 2.67 bits per heavy atom. The second kappa shape index (κ2) is 7.55. The molecule has 0 saturated carbocycles. The molecule has 0 aliphatic heterocycles. The molecule has 0 amide bonds. The zero-order valence-electron chi connectivity index (χ0n) is 13.8. The van der Waals surface area contributed by atoms with Crippen LogP contribution in [-0.2, 0) is 0 Å². The summed E-state index contributed by atoms with van der Waals surface area (Å²) in [6.45, 7) is 8.61. The van der Waals surface area contributed by atoms with Gasteiger partial charge in [-0.05, 0) is 25.3 Å². The van der Waals surface area contributed by atoms with Gasteiger partial charge in [-0.1, -0.05) is 48.0 Å². The van der Waals surface area contributed by atoms with Gasteiger partial charge in [-0.15, -0.1) is 22.7 Å². The lowest BCUT2D eigenvalue weighted by Crippen LogP contribution is -2.12. The van der Waals surface area contributed by atoms with Crippen molar-refractivity contribution in [2.24, 2.45) is 10.1 Å². The van der Waals surface area contributed by atoms with Gasteiger partial charge in [0.25, 0.3) is 0 Å². The SMILES string of the molecule is C=C(C)CN=c1scc(-c2ccc(C)cc2)n1N=Cc1cccs1. The Morgan fingerprint density at radius 2 is 2.00 bits per heavy atom. The minimum Gasteiger partial charge on any atom is -0.253 e. The molecule has 1 aromatic carbocycles. The first-order valence-electron chi connectivity index (χ1n) is 7.64. The normalized spacial score (nSPS) is 12.2. The van der Waals surface area contributed by atoms with E-state index in [0.29, 0.717) is 6.54 Å². The fourth-order valence-electron chi connectivity index (χ4n) is 2.12. The number of thiophene rings is 1. The molecule has 122 valence electrons. The Labute approximate surface area is 150 Å². The number of hydrogen-bond acceptors (Lipinski definition) is 4. The van der Waals surface area contributed by atoms with Gasteiger partial charge in [0.2, 0.25) is 4.80 Å². The first kappa shape index (κ1) is 16.6. The molecular formula is C19H19N3S2. The Morgan fingerprint density at radius 1 is 1.21 bits per heavy atom. The van der Waals surface area contributed by atoms with E-state index >= 15 is 0 Å². The summed E-state index contributed by atoms with van der Waals surface area (Å²) in [6, 6.07) is 12.6. The monoisotopic (exact) mass is 353 g/mol. The molecule has 5 heteroatoms. The molecule has 3 rings (SSSR count).